The molecular weight excluding hydrogens is 244 g/mol. The molecule has 1 fully saturated rings. The average molecular weight is 262 g/mol. The van der Waals surface area contributed by atoms with Crippen LogP contribution in [0.5, 0.6) is 0 Å². The number of nitrogens with zero attached hydrogens (tertiary/aromatic N) is 2. The van der Waals surface area contributed by atoms with Gasteiger partial charge < -0.3 is 14.7 Å². The van der Waals surface area contributed by atoms with Gasteiger partial charge in [0.05, 0.1) is 19.2 Å². The Kier molecular flexibility index (Phi) is 4.17. The van der Waals surface area contributed by atoms with Crippen LogP contribution in [0.1, 0.15) is 19.4 Å². The van der Waals surface area contributed by atoms with Gasteiger partial charge in [-0.15, -0.1) is 0 Å². The maximum Gasteiger partial charge on any atom is 0.163 e. The second-order valence-electron chi connectivity index (χ2n) is 5.02. The second kappa shape index (κ2) is 5.68. The van der Waals surface area contributed by atoms with Crippen molar-refractivity contribution in [3.05, 3.63) is 35.9 Å². The minimum Gasteiger partial charge on any atom is -0.348 e. The smallest absolute Gasteiger partial charge is 0.163 e. The molecular formula is C14H18N2O3. The average Bonchev–Trinajstić information content (AvgIpc) is 2.72. The van der Waals surface area contributed by atoms with E-state index < -0.39 is 17.9 Å². The van der Waals surface area contributed by atoms with Gasteiger partial charge in [-0.1, -0.05) is 30.3 Å². The van der Waals surface area contributed by atoms with Crippen molar-refractivity contribution in [1.29, 1.82) is 5.26 Å². The highest BCUT2D eigenvalue weighted by Gasteiger charge is 2.39. The van der Waals surface area contributed by atoms with Crippen molar-refractivity contribution in [3.8, 4) is 6.07 Å². The van der Waals surface area contributed by atoms with Gasteiger partial charge in [-0.2, -0.15) is 10.3 Å². The van der Waals surface area contributed by atoms with Gasteiger partial charge in [0.2, 0.25) is 0 Å². The molecule has 0 bridgehead atoms. The molecule has 0 amide bonds. The van der Waals surface area contributed by atoms with E-state index in [9.17, 15) is 10.5 Å². The second-order valence-corrected chi connectivity index (χ2v) is 5.02. The van der Waals surface area contributed by atoms with Crippen molar-refractivity contribution < 1.29 is 14.7 Å². The van der Waals surface area contributed by atoms with Gasteiger partial charge in [0.25, 0.3) is 0 Å². The van der Waals surface area contributed by atoms with E-state index in [0.29, 0.717) is 6.61 Å². The molecule has 1 aliphatic heterocycles. The van der Waals surface area contributed by atoms with E-state index in [4.69, 9.17) is 9.47 Å². The molecule has 1 heterocycles. The molecule has 0 unspecified atom stereocenters. The van der Waals surface area contributed by atoms with Gasteiger partial charge in [0.1, 0.15) is 6.10 Å². The van der Waals surface area contributed by atoms with E-state index in [1.165, 1.54) is 0 Å². The Morgan fingerprint density at radius 1 is 1.47 bits per heavy atom. The highest BCUT2D eigenvalue weighted by atomic mass is 16.7. The monoisotopic (exact) mass is 262 g/mol. The van der Waals surface area contributed by atoms with Gasteiger partial charge in [0.15, 0.2) is 11.8 Å². The molecule has 1 aromatic carbocycles. The zero-order valence-electron chi connectivity index (χ0n) is 11.1. The Morgan fingerprint density at radius 2 is 2.16 bits per heavy atom. The lowest BCUT2D eigenvalue weighted by Crippen LogP contribution is -2.42. The molecule has 19 heavy (non-hydrogen) atoms. The van der Waals surface area contributed by atoms with Crippen LogP contribution >= 0.6 is 0 Å². The molecule has 0 aromatic heterocycles. The fourth-order valence-corrected chi connectivity index (χ4v) is 2.08. The first-order valence-corrected chi connectivity index (χ1v) is 6.23. The van der Waals surface area contributed by atoms with Crippen LogP contribution in [0.15, 0.2) is 30.3 Å². The first kappa shape index (κ1) is 14.0. The zero-order chi connectivity index (χ0) is 13.9. The Hall–Kier alpha value is -1.45. The Bertz CT molecular complexity index is 456. The molecule has 102 valence electrons. The first-order chi connectivity index (χ1) is 9.02. The lowest BCUT2D eigenvalue weighted by Gasteiger charge is -2.25. The summed E-state index contributed by atoms with van der Waals surface area (Å²) in [6.45, 7) is 4.16. The maximum atomic E-state index is 10.1. The third-order valence-electron chi connectivity index (χ3n) is 3.02. The van der Waals surface area contributed by atoms with Crippen molar-refractivity contribution in [2.24, 2.45) is 0 Å². The van der Waals surface area contributed by atoms with Crippen molar-refractivity contribution in [2.75, 3.05) is 6.61 Å². The number of ether oxygens (including phenoxy) is 2. The summed E-state index contributed by atoms with van der Waals surface area (Å²) in [5, 5.41) is 20.3. The van der Waals surface area contributed by atoms with E-state index in [-0.39, 0.29) is 6.54 Å². The van der Waals surface area contributed by atoms with Gasteiger partial charge in [-0.3, -0.25) is 0 Å². The Morgan fingerprint density at radius 3 is 2.68 bits per heavy atom. The van der Waals surface area contributed by atoms with Crippen molar-refractivity contribution in [2.45, 2.75) is 38.3 Å². The number of hydrogen-bond acceptors (Lipinski definition) is 5. The van der Waals surface area contributed by atoms with Crippen LogP contribution in [-0.4, -0.2) is 34.8 Å². The standard InChI is InChI=1S/C14H18N2O3/c1-14(2)18-10-13(19-14)12(8-15)16(17)9-11-6-4-3-5-7-11/h3-7,12-13,17H,9-10H2,1-2H3/t12-,13+/m0/s1. The molecule has 0 radical (unpaired) electrons. The van der Waals surface area contributed by atoms with Crippen LogP contribution in [0.2, 0.25) is 0 Å². The highest BCUT2D eigenvalue weighted by molar-refractivity contribution is 5.14. The van der Waals surface area contributed by atoms with E-state index in [2.05, 4.69) is 6.07 Å². The van der Waals surface area contributed by atoms with Crippen LogP contribution in [0.3, 0.4) is 0 Å². The Balaban J connectivity index is 2.00. The number of rotatable bonds is 4. The minimum atomic E-state index is -0.748. The van der Waals surface area contributed by atoms with Crippen LogP contribution in [-0.2, 0) is 16.0 Å². The molecule has 1 aromatic rings. The lowest BCUT2D eigenvalue weighted by molar-refractivity contribution is -0.176. The number of nitriles is 1. The summed E-state index contributed by atoms with van der Waals surface area (Å²) in [5.41, 5.74) is 0.934. The molecule has 1 N–H and O–H groups in total. The summed E-state index contributed by atoms with van der Waals surface area (Å²) in [4.78, 5) is 0. The van der Waals surface area contributed by atoms with Crippen LogP contribution in [0.4, 0.5) is 0 Å². The van der Waals surface area contributed by atoms with Gasteiger partial charge in [0, 0.05) is 0 Å². The van der Waals surface area contributed by atoms with E-state index in [0.717, 1.165) is 10.6 Å². The fourth-order valence-electron chi connectivity index (χ4n) is 2.08. The van der Waals surface area contributed by atoms with Gasteiger partial charge >= 0.3 is 0 Å². The largest absolute Gasteiger partial charge is 0.348 e. The third-order valence-corrected chi connectivity index (χ3v) is 3.02. The summed E-state index contributed by atoms with van der Waals surface area (Å²) in [6, 6.07) is 10.8. The van der Waals surface area contributed by atoms with Gasteiger partial charge in [-0.25, -0.2) is 0 Å². The SMILES string of the molecule is CC1(C)OC[C@H]([C@H](C#N)N(O)Cc2ccccc2)O1. The summed E-state index contributed by atoms with van der Waals surface area (Å²) in [7, 11) is 0. The van der Waals surface area contributed by atoms with Crippen molar-refractivity contribution in [3.63, 3.8) is 0 Å². The van der Waals surface area contributed by atoms with Crippen molar-refractivity contribution >= 4 is 0 Å². The minimum absolute atomic E-state index is 0.277. The number of hydrogen-bond donors (Lipinski definition) is 1. The number of hydroxylamine groups is 2. The molecule has 5 nitrogen and oxygen atoms in total. The zero-order valence-corrected chi connectivity index (χ0v) is 11.1. The first-order valence-electron chi connectivity index (χ1n) is 6.23. The molecule has 1 saturated heterocycles. The van der Waals surface area contributed by atoms with Crippen LogP contribution in [0.25, 0.3) is 0 Å². The van der Waals surface area contributed by atoms with E-state index >= 15 is 0 Å². The predicted molar refractivity (Wildman–Crippen MR) is 68.1 cm³/mol. The topological polar surface area (TPSA) is 65.7 Å². The predicted octanol–water partition coefficient (Wildman–Crippen LogP) is 1.92. The lowest BCUT2D eigenvalue weighted by atomic mass is 10.1. The normalized spacial score (nSPS) is 23.2. The Labute approximate surface area is 112 Å². The summed E-state index contributed by atoms with van der Waals surface area (Å²) in [6.07, 6.45) is -0.450. The molecule has 0 aliphatic carbocycles. The fraction of sp³-hybridized carbons (Fsp3) is 0.500. The summed E-state index contributed by atoms with van der Waals surface area (Å²) >= 11 is 0. The quantitative estimate of drug-likeness (QED) is 0.840. The molecule has 2 atom stereocenters. The molecule has 1 aliphatic rings. The van der Waals surface area contributed by atoms with Crippen LogP contribution < -0.4 is 0 Å². The van der Waals surface area contributed by atoms with E-state index in [1.807, 2.05) is 30.3 Å². The molecule has 5 heteroatoms. The molecule has 0 spiro atoms. The summed E-state index contributed by atoms with van der Waals surface area (Å²) in [5.74, 6) is -0.701. The van der Waals surface area contributed by atoms with E-state index in [1.54, 1.807) is 13.8 Å². The highest BCUT2D eigenvalue weighted by Crippen LogP contribution is 2.26. The number of benzene rings is 1. The maximum absolute atomic E-state index is 10.1. The van der Waals surface area contributed by atoms with Crippen LogP contribution in [0, 0.1) is 11.3 Å². The summed E-state index contributed by atoms with van der Waals surface area (Å²) < 4.78 is 11.0. The molecule has 0 saturated carbocycles. The molecule has 2 rings (SSSR count). The third kappa shape index (κ3) is 3.52. The van der Waals surface area contributed by atoms with Gasteiger partial charge in [-0.05, 0) is 19.4 Å². The van der Waals surface area contributed by atoms with Crippen molar-refractivity contribution in [1.82, 2.24) is 5.06 Å².